The summed E-state index contributed by atoms with van der Waals surface area (Å²) in [6.07, 6.45) is 1.58. The number of hydrogen-bond donors (Lipinski definition) is 1. The van der Waals surface area contributed by atoms with E-state index in [1.54, 1.807) is 4.90 Å². The molecule has 0 aromatic heterocycles. The fourth-order valence-corrected chi connectivity index (χ4v) is 2.28. The van der Waals surface area contributed by atoms with Crippen molar-refractivity contribution in [1.29, 1.82) is 0 Å². The normalized spacial score (nSPS) is 25.3. The van der Waals surface area contributed by atoms with Gasteiger partial charge in [-0.25, -0.2) is 4.79 Å². The van der Waals surface area contributed by atoms with Crippen molar-refractivity contribution < 1.29 is 9.53 Å². The summed E-state index contributed by atoms with van der Waals surface area (Å²) < 4.78 is 5.41. The van der Waals surface area contributed by atoms with Crippen LogP contribution in [0, 0.1) is 5.41 Å². The van der Waals surface area contributed by atoms with Crippen LogP contribution in [-0.4, -0.2) is 35.7 Å². The van der Waals surface area contributed by atoms with Crippen LogP contribution in [0.2, 0.25) is 0 Å². The molecule has 1 rings (SSSR count). The summed E-state index contributed by atoms with van der Waals surface area (Å²) >= 11 is 0. The van der Waals surface area contributed by atoms with Crippen LogP contribution in [0.15, 0.2) is 0 Å². The summed E-state index contributed by atoms with van der Waals surface area (Å²) in [5.74, 6) is 0. The van der Waals surface area contributed by atoms with Crippen molar-refractivity contribution in [3.63, 3.8) is 0 Å². The molecule has 4 nitrogen and oxygen atoms in total. The summed E-state index contributed by atoms with van der Waals surface area (Å²) in [5.41, 5.74) is 5.65. The molecule has 1 heterocycles. The SMILES string of the molecule is CC1(C)C[C@@H](N)CCN(C(=O)OC(C)(C)C)C1. The van der Waals surface area contributed by atoms with Crippen LogP contribution in [0.4, 0.5) is 4.79 Å². The Morgan fingerprint density at radius 1 is 1.41 bits per heavy atom. The molecule has 1 saturated heterocycles. The molecule has 1 aliphatic heterocycles. The van der Waals surface area contributed by atoms with Gasteiger partial charge in [0.05, 0.1) is 0 Å². The number of nitrogens with two attached hydrogens (primary N) is 1. The first-order chi connectivity index (χ1) is 7.59. The van der Waals surface area contributed by atoms with E-state index < -0.39 is 5.60 Å². The van der Waals surface area contributed by atoms with Gasteiger partial charge in [0.1, 0.15) is 5.60 Å². The minimum Gasteiger partial charge on any atom is -0.444 e. The van der Waals surface area contributed by atoms with E-state index in [9.17, 15) is 4.79 Å². The summed E-state index contributed by atoms with van der Waals surface area (Å²) in [4.78, 5) is 13.8. The van der Waals surface area contributed by atoms with Crippen molar-refractivity contribution in [1.82, 2.24) is 4.90 Å². The van der Waals surface area contributed by atoms with Gasteiger partial charge in [-0.3, -0.25) is 0 Å². The molecule has 2 N–H and O–H groups in total. The molecule has 1 amide bonds. The van der Waals surface area contributed by atoms with Gasteiger partial charge in [0, 0.05) is 19.1 Å². The molecular weight excluding hydrogens is 216 g/mol. The van der Waals surface area contributed by atoms with Gasteiger partial charge in [0.15, 0.2) is 0 Å². The standard InChI is InChI=1S/C13H26N2O2/c1-12(2,3)17-11(16)15-7-6-10(14)8-13(4,5)9-15/h10H,6-9,14H2,1-5H3/t10-/m0/s1. The molecule has 0 aromatic carbocycles. The second kappa shape index (κ2) is 4.84. The largest absolute Gasteiger partial charge is 0.444 e. The Labute approximate surface area is 104 Å². The Bertz CT molecular complexity index is 282. The van der Waals surface area contributed by atoms with Gasteiger partial charge in [-0.15, -0.1) is 0 Å². The highest BCUT2D eigenvalue weighted by molar-refractivity contribution is 5.68. The monoisotopic (exact) mass is 242 g/mol. The Hall–Kier alpha value is -0.770. The van der Waals surface area contributed by atoms with Gasteiger partial charge in [0.2, 0.25) is 0 Å². The predicted molar refractivity (Wildman–Crippen MR) is 68.8 cm³/mol. The molecule has 0 unspecified atom stereocenters. The van der Waals surface area contributed by atoms with E-state index in [0.717, 1.165) is 19.4 Å². The highest BCUT2D eigenvalue weighted by Crippen LogP contribution is 2.28. The first kappa shape index (κ1) is 14.3. The molecule has 17 heavy (non-hydrogen) atoms. The molecule has 0 spiro atoms. The molecule has 0 bridgehead atoms. The second-order valence-electron chi connectivity index (χ2n) is 6.82. The summed E-state index contributed by atoms with van der Waals surface area (Å²) in [6, 6.07) is 0.178. The smallest absolute Gasteiger partial charge is 0.410 e. The molecule has 1 aliphatic rings. The highest BCUT2D eigenvalue weighted by Gasteiger charge is 2.32. The Morgan fingerprint density at radius 2 is 2.00 bits per heavy atom. The van der Waals surface area contributed by atoms with Crippen LogP contribution in [0.1, 0.15) is 47.5 Å². The quantitative estimate of drug-likeness (QED) is 0.709. The van der Waals surface area contributed by atoms with Gasteiger partial charge < -0.3 is 15.4 Å². The lowest BCUT2D eigenvalue weighted by Gasteiger charge is -2.31. The van der Waals surface area contributed by atoms with Gasteiger partial charge in [-0.2, -0.15) is 0 Å². The number of amides is 1. The van der Waals surface area contributed by atoms with Crippen LogP contribution < -0.4 is 5.73 Å². The lowest BCUT2D eigenvalue weighted by atomic mass is 9.86. The fourth-order valence-electron chi connectivity index (χ4n) is 2.28. The van der Waals surface area contributed by atoms with Crippen molar-refractivity contribution in [2.24, 2.45) is 11.1 Å². The Balaban J connectivity index is 2.67. The zero-order valence-corrected chi connectivity index (χ0v) is 11.7. The molecule has 0 radical (unpaired) electrons. The van der Waals surface area contributed by atoms with Crippen LogP contribution >= 0.6 is 0 Å². The maximum absolute atomic E-state index is 12.0. The number of carbonyl (C=O) groups is 1. The zero-order chi connectivity index (χ0) is 13.3. The Kier molecular flexibility index (Phi) is 4.07. The number of hydrogen-bond acceptors (Lipinski definition) is 3. The van der Waals surface area contributed by atoms with Crippen LogP contribution in [0.25, 0.3) is 0 Å². The molecule has 1 atom stereocenters. The van der Waals surface area contributed by atoms with Crippen molar-refractivity contribution in [3.8, 4) is 0 Å². The van der Waals surface area contributed by atoms with E-state index in [0.29, 0.717) is 6.54 Å². The van der Waals surface area contributed by atoms with E-state index in [1.165, 1.54) is 0 Å². The highest BCUT2D eigenvalue weighted by atomic mass is 16.6. The number of ether oxygens (including phenoxy) is 1. The topological polar surface area (TPSA) is 55.6 Å². The van der Waals surface area contributed by atoms with Crippen molar-refractivity contribution in [2.75, 3.05) is 13.1 Å². The first-order valence-corrected chi connectivity index (χ1v) is 6.33. The van der Waals surface area contributed by atoms with E-state index in [2.05, 4.69) is 13.8 Å². The third kappa shape index (κ3) is 4.94. The number of nitrogens with zero attached hydrogens (tertiary/aromatic N) is 1. The molecule has 100 valence electrons. The van der Waals surface area contributed by atoms with Crippen molar-refractivity contribution >= 4 is 6.09 Å². The predicted octanol–water partition coefficient (Wildman–Crippen LogP) is 2.37. The van der Waals surface area contributed by atoms with Gasteiger partial charge in [-0.1, -0.05) is 13.8 Å². The summed E-state index contributed by atoms with van der Waals surface area (Å²) in [6.45, 7) is 11.4. The third-order valence-electron chi connectivity index (χ3n) is 2.86. The van der Waals surface area contributed by atoms with Crippen LogP contribution in [-0.2, 0) is 4.74 Å². The minimum atomic E-state index is -0.435. The van der Waals surface area contributed by atoms with Crippen LogP contribution in [0.3, 0.4) is 0 Å². The molecule has 4 heteroatoms. The third-order valence-corrected chi connectivity index (χ3v) is 2.86. The summed E-state index contributed by atoms with van der Waals surface area (Å²) in [5, 5.41) is 0. The van der Waals surface area contributed by atoms with E-state index in [-0.39, 0.29) is 17.6 Å². The number of likely N-dealkylation sites (tertiary alicyclic amines) is 1. The molecule has 0 aromatic rings. The minimum absolute atomic E-state index is 0.0623. The molecule has 0 aliphatic carbocycles. The van der Waals surface area contributed by atoms with E-state index >= 15 is 0 Å². The Morgan fingerprint density at radius 3 is 2.53 bits per heavy atom. The van der Waals surface area contributed by atoms with Crippen LogP contribution in [0.5, 0.6) is 0 Å². The lowest BCUT2D eigenvalue weighted by molar-refractivity contribution is 0.0200. The molecule has 0 saturated carbocycles. The average Bonchev–Trinajstić information content (AvgIpc) is 2.20. The first-order valence-electron chi connectivity index (χ1n) is 6.33. The van der Waals surface area contributed by atoms with Gasteiger partial charge in [0.25, 0.3) is 0 Å². The summed E-state index contributed by atoms with van der Waals surface area (Å²) in [7, 11) is 0. The van der Waals surface area contributed by atoms with E-state index in [4.69, 9.17) is 10.5 Å². The van der Waals surface area contributed by atoms with E-state index in [1.807, 2.05) is 20.8 Å². The average molecular weight is 242 g/mol. The fraction of sp³-hybridized carbons (Fsp3) is 0.923. The van der Waals surface area contributed by atoms with Gasteiger partial charge >= 0.3 is 6.09 Å². The van der Waals surface area contributed by atoms with Gasteiger partial charge in [-0.05, 0) is 39.0 Å². The molecule has 1 fully saturated rings. The second-order valence-corrected chi connectivity index (χ2v) is 6.82. The van der Waals surface area contributed by atoms with Crippen molar-refractivity contribution in [2.45, 2.75) is 59.1 Å². The maximum Gasteiger partial charge on any atom is 0.410 e. The molecular formula is C13H26N2O2. The lowest BCUT2D eigenvalue weighted by Crippen LogP contribution is -2.41. The zero-order valence-electron chi connectivity index (χ0n) is 11.7. The van der Waals surface area contributed by atoms with Crippen molar-refractivity contribution in [3.05, 3.63) is 0 Å². The number of carbonyl (C=O) groups excluding carboxylic acids is 1. The number of rotatable bonds is 0. The maximum atomic E-state index is 12.0.